The first-order chi connectivity index (χ1) is 8.72. The van der Waals surface area contributed by atoms with Crippen LogP contribution in [0.5, 0.6) is 5.75 Å². The Bertz CT molecular complexity index is 351. The molecule has 0 unspecified atom stereocenters. The second-order valence-electron chi connectivity index (χ2n) is 3.53. The summed E-state index contributed by atoms with van der Waals surface area (Å²) >= 11 is 5.96. The third kappa shape index (κ3) is 4.46. The fraction of sp³-hybridized carbons (Fsp3) is 0.538. The molecule has 1 aromatic rings. The van der Waals surface area contributed by atoms with Gasteiger partial charge in [0.15, 0.2) is 6.29 Å². The van der Waals surface area contributed by atoms with Gasteiger partial charge in [-0.15, -0.1) is 0 Å². The normalized spacial score (nSPS) is 10.9. The van der Waals surface area contributed by atoms with Gasteiger partial charge < -0.3 is 19.3 Å². The Morgan fingerprint density at radius 3 is 2.44 bits per heavy atom. The SMILES string of the molecule is CCOC(COc1cccc(Cl)c1CO)OCC. The highest BCUT2D eigenvalue weighted by Crippen LogP contribution is 2.26. The maximum atomic E-state index is 9.24. The average molecular weight is 275 g/mol. The molecule has 0 saturated carbocycles. The molecule has 0 aliphatic rings. The zero-order valence-corrected chi connectivity index (χ0v) is 11.4. The van der Waals surface area contributed by atoms with E-state index in [4.69, 9.17) is 25.8 Å². The van der Waals surface area contributed by atoms with Crippen molar-refractivity contribution in [1.82, 2.24) is 0 Å². The second-order valence-corrected chi connectivity index (χ2v) is 3.93. The Hall–Kier alpha value is -0.810. The summed E-state index contributed by atoms with van der Waals surface area (Å²) in [6.45, 7) is 4.99. The molecule has 0 amide bonds. The van der Waals surface area contributed by atoms with Crippen LogP contribution in [0.2, 0.25) is 5.02 Å². The van der Waals surface area contributed by atoms with Crippen LogP contribution < -0.4 is 4.74 Å². The van der Waals surface area contributed by atoms with Crippen molar-refractivity contribution in [3.05, 3.63) is 28.8 Å². The highest BCUT2D eigenvalue weighted by Gasteiger charge is 2.12. The average Bonchev–Trinajstić information content (AvgIpc) is 2.36. The van der Waals surface area contributed by atoms with E-state index in [-0.39, 0.29) is 13.2 Å². The molecule has 0 aromatic heterocycles. The highest BCUT2D eigenvalue weighted by molar-refractivity contribution is 6.31. The number of ether oxygens (including phenoxy) is 3. The number of hydrogen-bond donors (Lipinski definition) is 1. The van der Waals surface area contributed by atoms with E-state index < -0.39 is 6.29 Å². The lowest BCUT2D eigenvalue weighted by Crippen LogP contribution is -2.25. The predicted octanol–water partition coefficient (Wildman–Crippen LogP) is 2.61. The lowest BCUT2D eigenvalue weighted by Gasteiger charge is -2.18. The molecule has 0 aliphatic heterocycles. The molecule has 1 N–H and O–H groups in total. The summed E-state index contributed by atoms with van der Waals surface area (Å²) < 4.78 is 16.3. The third-order valence-electron chi connectivity index (χ3n) is 2.31. The maximum absolute atomic E-state index is 9.24. The van der Waals surface area contributed by atoms with E-state index in [0.717, 1.165) is 0 Å². The van der Waals surface area contributed by atoms with Crippen LogP contribution in [0.25, 0.3) is 0 Å². The number of halogens is 1. The predicted molar refractivity (Wildman–Crippen MR) is 69.9 cm³/mol. The van der Waals surface area contributed by atoms with Crippen LogP contribution in [0.1, 0.15) is 19.4 Å². The molecule has 0 saturated heterocycles. The Morgan fingerprint density at radius 1 is 1.22 bits per heavy atom. The largest absolute Gasteiger partial charge is 0.488 e. The van der Waals surface area contributed by atoms with Crippen molar-refractivity contribution >= 4 is 11.6 Å². The van der Waals surface area contributed by atoms with Gasteiger partial charge in [-0.1, -0.05) is 17.7 Å². The summed E-state index contributed by atoms with van der Waals surface area (Å²) in [7, 11) is 0. The fourth-order valence-electron chi connectivity index (χ4n) is 1.50. The molecule has 0 radical (unpaired) electrons. The molecule has 4 nitrogen and oxygen atoms in total. The van der Waals surface area contributed by atoms with Crippen molar-refractivity contribution < 1.29 is 19.3 Å². The van der Waals surface area contributed by atoms with Crippen molar-refractivity contribution in [2.45, 2.75) is 26.7 Å². The van der Waals surface area contributed by atoms with E-state index in [1.165, 1.54) is 0 Å². The lowest BCUT2D eigenvalue weighted by atomic mass is 10.2. The van der Waals surface area contributed by atoms with E-state index in [1.807, 2.05) is 13.8 Å². The van der Waals surface area contributed by atoms with Gasteiger partial charge in [0.25, 0.3) is 0 Å². The first-order valence-corrected chi connectivity index (χ1v) is 6.34. The van der Waals surface area contributed by atoms with Gasteiger partial charge in [0.05, 0.1) is 6.61 Å². The molecule has 18 heavy (non-hydrogen) atoms. The van der Waals surface area contributed by atoms with Gasteiger partial charge in [-0.2, -0.15) is 0 Å². The molecule has 0 heterocycles. The minimum Gasteiger partial charge on any atom is -0.488 e. The van der Waals surface area contributed by atoms with E-state index in [2.05, 4.69) is 0 Å². The van der Waals surface area contributed by atoms with Gasteiger partial charge in [0, 0.05) is 23.8 Å². The lowest BCUT2D eigenvalue weighted by molar-refractivity contribution is -0.152. The first kappa shape index (κ1) is 15.2. The number of aliphatic hydroxyl groups is 1. The molecule has 102 valence electrons. The molecule has 1 rings (SSSR count). The van der Waals surface area contributed by atoms with Crippen LogP contribution in [0, 0.1) is 0 Å². The van der Waals surface area contributed by atoms with Crippen LogP contribution >= 0.6 is 11.6 Å². The summed E-state index contributed by atoms with van der Waals surface area (Å²) in [4.78, 5) is 0. The Balaban J connectivity index is 2.63. The van der Waals surface area contributed by atoms with Gasteiger partial charge in [-0.3, -0.25) is 0 Å². The number of hydrogen-bond acceptors (Lipinski definition) is 4. The van der Waals surface area contributed by atoms with Crippen molar-refractivity contribution in [3.8, 4) is 5.75 Å². The molecular formula is C13H19ClO4. The van der Waals surface area contributed by atoms with Gasteiger partial charge in [-0.25, -0.2) is 0 Å². The number of aliphatic hydroxyl groups excluding tert-OH is 1. The molecule has 0 spiro atoms. The van der Waals surface area contributed by atoms with Crippen LogP contribution in [0.15, 0.2) is 18.2 Å². The van der Waals surface area contributed by atoms with E-state index >= 15 is 0 Å². The molecule has 0 atom stereocenters. The monoisotopic (exact) mass is 274 g/mol. The van der Waals surface area contributed by atoms with Gasteiger partial charge in [0.2, 0.25) is 0 Å². The summed E-state index contributed by atoms with van der Waals surface area (Å²) in [5.74, 6) is 0.550. The molecule has 0 bridgehead atoms. The third-order valence-corrected chi connectivity index (χ3v) is 2.67. The van der Waals surface area contributed by atoms with E-state index in [9.17, 15) is 5.11 Å². The van der Waals surface area contributed by atoms with Crippen LogP contribution in [-0.4, -0.2) is 31.2 Å². The number of rotatable bonds is 8. The molecule has 5 heteroatoms. The summed E-state index contributed by atoms with van der Waals surface area (Å²) in [6, 6.07) is 5.24. The Morgan fingerprint density at radius 2 is 1.89 bits per heavy atom. The van der Waals surface area contributed by atoms with Gasteiger partial charge >= 0.3 is 0 Å². The van der Waals surface area contributed by atoms with Crippen molar-refractivity contribution in [2.24, 2.45) is 0 Å². The van der Waals surface area contributed by atoms with Crippen LogP contribution in [0.3, 0.4) is 0 Å². The van der Waals surface area contributed by atoms with Gasteiger partial charge in [0.1, 0.15) is 12.4 Å². The van der Waals surface area contributed by atoms with E-state index in [1.54, 1.807) is 18.2 Å². The maximum Gasteiger partial charge on any atom is 0.191 e. The molecule has 0 aliphatic carbocycles. The topological polar surface area (TPSA) is 47.9 Å². The van der Waals surface area contributed by atoms with Crippen molar-refractivity contribution in [3.63, 3.8) is 0 Å². The van der Waals surface area contributed by atoms with Crippen LogP contribution in [0.4, 0.5) is 0 Å². The van der Waals surface area contributed by atoms with E-state index in [0.29, 0.717) is 29.5 Å². The smallest absolute Gasteiger partial charge is 0.191 e. The quantitative estimate of drug-likeness (QED) is 0.741. The molecule has 1 aromatic carbocycles. The van der Waals surface area contributed by atoms with Crippen LogP contribution in [-0.2, 0) is 16.1 Å². The summed E-state index contributed by atoms with van der Waals surface area (Å²) in [5.41, 5.74) is 0.575. The Labute approximate surface area is 112 Å². The van der Waals surface area contributed by atoms with Crippen molar-refractivity contribution in [2.75, 3.05) is 19.8 Å². The minimum absolute atomic E-state index is 0.164. The second kappa shape index (κ2) is 8.32. The highest BCUT2D eigenvalue weighted by atomic mass is 35.5. The summed E-state index contributed by atoms with van der Waals surface area (Å²) in [6.07, 6.45) is -0.412. The standard InChI is InChI=1S/C13H19ClO4/c1-3-16-13(17-4-2)9-18-12-7-5-6-11(14)10(12)8-15/h5-7,13,15H,3-4,8-9H2,1-2H3. The number of benzene rings is 1. The minimum atomic E-state index is -0.412. The van der Waals surface area contributed by atoms with Crippen molar-refractivity contribution in [1.29, 1.82) is 0 Å². The fourth-order valence-corrected chi connectivity index (χ4v) is 1.73. The zero-order chi connectivity index (χ0) is 13.4. The molecular weight excluding hydrogens is 256 g/mol. The first-order valence-electron chi connectivity index (χ1n) is 5.97. The van der Waals surface area contributed by atoms with Gasteiger partial charge in [-0.05, 0) is 26.0 Å². The summed E-state index contributed by atoms with van der Waals surface area (Å²) in [5, 5.41) is 9.73. The molecule has 0 fully saturated rings. The Kier molecular flexibility index (Phi) is 7.05. The zero-order valence-electron chi connectivity index (χ0n) is 10.7.